The van der Waals surface area contributed by atoms with Crippen LogP contribution in [-0.2, 0) is 16.6 Å². The largest absolute Gasteiger partial charge is 0.346 e. The fourth-order valence-electron chi connectivity index (χ4n) is 3.00. The van der Waals surface area contributed by atoms with Crippen molar-refractivity contribution in [3.05, 3.63) is 59.9 Å². The van der Waals surface area contributed by atoms with Gasteiger partial charge in [-0.05, 0) is 43.2 Å². The summed E-state index contributed by atoms with van der Waals surface area (Å²) >= 11 is 0. The fraction of sp³-hybridized carbons (Fsp3) is 0.368. The van der Waals surface area contributed by atoms with Crippen LogP contribution >= 0.6 is 0 Å². The van der Waals surface area contributed by atoms with Gasteiger partial charge in [-0.25, -0.2) is 8.42 Å². The average Bonchev–Trinajstić information content (AvgIpc) is 2.97. The number of pyridine rings is 1. The zero-order valence-electron chi connectivity index (χ0n) is 14.6. The molecule has 1 aliphatic rings. The van der Waals surface area contributed by atoms with Gasteiger partial charge >= 0.3 is 0 Å². The number of amides is 1. The van der Waals surface area contributed by atoms with Crippen molar-refractivity contribution < 1.29 is 13.2 Å². The van der Waals surface area contributed by atoms with Crippen molar-refractivity contribution in [3.63, 3.8) is 0 Å². The zero-order valence-corrected chi connectivity index (χ0v) is 15.4. The molecule has 138 valence electrons. The molecule has 6 nitrogen and oxygen atoms in total. The molecule has 2 heterocycles. The second kappa shape index (κ2) is 8.42. The van der Waals surface area contributed by atoms with E-state index in [1.165, 1.54) is 10.4 Å². The van der Waals surface area contributed by atoms with Gasteiger partial charge in [-0.15, -0.1) is 0 Å². The van der Waals surface area contributed by atoms with Crippen LogP contribution < -0.4 is 5.32 Å². The van der Waals surface area contributed by atoms with Crippen LogP contribution in [0.15, 0.2) is 53.6 Å². The van der Waals surface area contributed by atoms with Gasteiger partial charge in [0, 0.05) is 24.8 Å². The summed E-state index contributed by atoms with van der Waals surface area (Å²) in [4.78, 5) is 16.7. The number of carbonyl (C=O) groups is 1. The molecule has 0 saturated carbocycles. The lowest BCUT2D eigenvalue weighted by molar-refractivity contribution is 0.0950. The van der Waals surface area contributed by atoms with Crippen molar-refractivity contribution in [3.8, 4) is 0 Å². The monoisotopic (exact) mass is 373 g/mol. The maximum absolute atomic E-state index is 12.9. The number of aromatic nitrogens is 1. The first-order chi connectivity index (χ1) is 12.6. The quantitative estimate of drug-likeness (QED) is 0.874. The van der Waals surface area contributed by atoms with Crippen LogP contribution in [0.1, 0.15) is 41.7 Å². The van der Waals surface area contributed by atoms with Crippen LogP contribution in [-0.4, -0.2) is 36.7 Å². The topological polar surface area (TPSA) is 79.4 Å². The van der Waals surface area contributed by atoms with Crippen LogP contribution in [0.5, 0.6) is 0 Å². The van der Waals surface area contributed by atoms with E-state index in [9.17, 15) is 13.2 Å². The molecule has 26 heavy (non-hydrogen) atoms. The second-order valence-corrected chi connectivity index (χ2v) is 8.29. The summed E-state index contributed by atoms with van der Waals surface area (Å²) in [7, 11) is -3.57. The highest BCUT2D eigenvalue weighted by Crippen LogP contribution is 2.21. The number of carbonyl (C=O) groups excluding carboxylic acids is 1. The minimum atomic E-state index is -3.57. The lowest BCUT2D eigenvalue weighted by Gasteiger charge is -2.20. The molecule has 1 N–H and O–H groups in total. The number of nitrogens with zero attached hydrogens (tertiary/aromatic N) is 2. The molecule has 1 aliphatic heterocycles. The Morgan fingerprint density at radius 1 is 1.04 bits per heavy atom. The van der Waals surface area contributed by atoms with Crippen molar-refractivity contribution in [1.82, 2.24) is 14.6 Å². The van der Waals surface area contributed by atoms with Crippen LogP contribution in [0, 0.1) is 0 Å². The van der Waals surface area contributed by atoms with Gasteiger partial charge in [0.15, 0.2) is 0 Å². The Bertz CT molecular complexity index is 845. The third kappa shape index (κ3) is 4.47. The first-order valence-electron chi connectivity index (χ1n) is 8.86. The predicted octanol–water partition coefficient (Wildman–Crippen LogP) is 2.58. The Hall–Kier alpha value is -2.25. The molecule has 0 bridgehead atoms. The van der Waals surface area contributed by atoms with E-state index < -0.39 is 10.0 Å². The van der Waals surface area contributed by atoms with Crippen molar-refractivity contribution in [2.45, 2.75) is 37.1 Å². The van der Waals surface area contributed by atoms with E-state index in [4.69, 9.17) is 0 Å². The summed E-state index contributed by atoms with van der Waals surface area (Å²) < 4.78 is 27.3. The molecule has 0 atom stereocenters. The molecule has 0 radical (unpaired) electrons. The maximum Gasteiger partial charge on any atom is 0.251 e. The Balaban J connectivity index is 1.73. The Morgan fingerprint density at radius 3 is 2.50 bits per heavy atom. The highest BCUT2D eigenvalue weighted by Gasteiger charge is 2.25. The van der Waals surface area contributed by atoms with Gasteiger partial charge in [0.1, 0.15) is 0 Å². The molecule has 0 spiro atoms. The summed E-state index contributed by atoms with van der Waals surface area (Å²) in [5.41, 5.74) is 1.08. The first kappa shape index (κ1) is 18.5. The van der Waals surface area contributed by atoms with E-state index >= 15 is 0 Å². The number of sulfonamides is 1. The average molecular weight is 373 g/mol. The minimum Gasteiger partial charge on any atom is -0.346 e. The molecule has 2 aromatic rings. The summed E-state index contributed by atoms with van der Waals surface area (Å²) in [6, 6.07) is 11.7. The molecule has 7 heteroatoms. The van der Waals surface area contributed by atoms with Gasteiger partial charge < -0.3 is 5.32 Å². The number of benzene rings is 1. The third-order valence-electron chi connectivity index (χ3n) is 4.46. The number of nitrogens with one attached hydrogen (secondary N) is 1. The van der Waals surface area contributed by atoms with E-state index in [2.05, 4.69) is 10.3 Å². The van der Waals surface area contributed by atoms with Gasteiger partial charge in [-0.3, -0.25) is 9.78 Å². The lowest BCUT2D eigenvalue weighted by Crippen LogP contribution is -2.32. The highest BCUT2D eigenvalue weighted by atomic mass is 32.2. The van der Waals surface area contributed by atoms with Gasteiger partial charge in [0.2, 0.25) is 10.0 Å². The smallest absolute Gasteiger partial charge is 0.251 e. The number of rotatable bonds is 5. The molecule has 1 aromatic carbocycles. The van der Waals surface area contributed by atoms with E-state index in [-0.39, 0.29) is 10.8 Å². The maximum atomic E-state index is 12.9. The van der Waals surface area contributed by atoms with Crippen LogP contribution in [0.2, 0.25) is 0 Å². The fourth-order valence-corrected chi connectivity index (χ4v) is 4.57. The SMILES string of the molecule is O=C(NCc1ccccn1)c1cccc(S(=O)(=O)N2CCCCCC2)c1. The van der Waals surface area contributed by atoms with E-state index in [0.29, 0.717) is 25.2 Å². The summed E-state index contributed by atoms with van der Waals surface area (Å²) in [6.45, 7) is 1.37. The van der Waals surface area contributed by atoms with E-state index in [1.54, 1.807) is 24.4 Å². The number of hydrogen-bond donors (Lipinski definition) is 1. The molecule has 0 unspecified atom stereocenters. The molecule has 1 fully saturated rings. The van der Waals surface area contributed by atoms with E-state index in [0.717, 1.165) is 31.4 Å². The zero-order chi connectivity index (χ0) is 18.4. The third-order valence-corrected chi connectivity index (χ3v) is 6.35. The number of hydrogen-bond acceptors (Lipinski definition) is 4. The summed E-state index contributed by atoms with van der Waals surface area (Å²) in [6.07, 6.45) is 5.53. The van der Waals surface area contributed by atoms with Crippen LogP contribution in [0.25, 0.3) is 0 Å². The molecular formula is C19H23N3O3S. The van der Waals surface area contributed by atoms with Crippen LogP contribution in [0.3, 0.4) is 0 Å². The Morgan fingerprint density at radius 2 is 1.81 bits per heavy atom. The normalized spacial score (nSPS) is 16.0. The van der Waals surface area contributed by atoms with Crippen molar-refractivity contribution >= 4 is 15.9 Å². The molecule has 3 rings (SSSR count). The molecule has 1 aromatic heterocycles. The van der Waals surface area contributed by atoms with Gasteiger partial charge in [-0.1, -0.05) is 25.0 Å². The minimum absolute atomic E-state index is 0.171. The van der Waals surface area contributed by atoms with E-state index in [1.807, 2.05) is 18.2 Å². The molecule has 1 saturated heterocycles. The van der Waals surface area contributed by atoms with Gasteiger partial charge in [0.25, 0.3) is 5.91 Å². The first-order valence-corrected chi connectivity index (χ1v) is 10.3. The summed E-state index contributed by atoms with van der Waals surface area (Å²) in [5, 5.41) is 2.77. The van der Waals surface area contributed by atoms with Crippen molar-refractivity contribution in [2.75, 3.05) is 13.1 Å². The van der Waals surface area contributed by atoms with Crippen molar-refractivity contribution in [1.29, 1.82) is 0 Å². The lowest BCUT2D eigenvalue weighted by atomic mass is 10.2. The Kier molecular flexibility index (Phi) is 6.00. The van der Waals surface area contributed by atoms with Gasteiger partial charge in [0.05, 0.1) is 17.1 Å². The second-order valence-electron chi connectivity index (χ2n) is 6.35. The molecule has 1 amide bonds. The predicted molar refractivity (Wildman–Crippen MR) is 99.1 cm³/mol. The van der Waals surface area contributed by atoms with Crippen molar-refractivity contribution in [2.24, 2.45) is 0 Å². The highest BCUT2D eigenvalue weighted by molar-refractivity contribution is 7.89. The Labute approximate surface area is 154 Å². The van der Waals surface area contributed by atoms with Gasteiger partial charge in [-0.2, -0.15) is 4.31 Å². The molecular weight excluding hydrogens is 350 g/mol. The molecule has 0 aliphatic carbocycles. The van der Waals surface area contributed by atoms with Crippen LogP contribution in [0.4, 0.5) is 0 Å². The standard InChI is InChI=1S/C19H23N3O3S/c23-19(21-15-17-9-3-4-11-20-17)16-8-7-10-18(14-16)26(24,25)22-12-5-1-2-6-13-22/h3-4,7-11,14H,1-2,5-6,12-13,15H2,(H,21,23). The summed E-state index contributed by atoms with van der Waals surface area (Å²) in [5.74, 6) is -0.316.